The molecule has 2 heterocycles. The van der Waals surface area contributed by atoms with E-state index in [1.165, 1.54) is 11.1 Å². The van der Waals surface area contributed by atoms with E-state index in [-0.39, 0.29) is 12.0 Å². The lowest BCUT2D eigenvalue weighted by Gasteiger charge is -2.43. The Bertz CT molecular complexity index is 695. The molecule has 1 unspecified atom stereocenters. The van der Waals surface area contributed by atoms with Crippen LogP contribution in [0.5, 0.6) is 0 Å². The number of benzene rings is 1. The van der Waals surface area contributed by atoms with Crippen molar-refractivity contribution in [2.24, 2.45) is 5.41 Å². The summed E-state index contributed by atoms with van der Waals surface area (Å²) in [5, 5.41) is 10.0. The highest BCUT2D eigenvalue weighted by Crippen LogP contribution is 2.33. The van der Waals surface area contributed by atoms with Crippen LogP contribution in [0.4, 0.5) is 0 Å². The van der Waals surface area contributed by atoms with Gasteiger partial charge >= 0.3 is 0 Å². The lowest BCUT2D eigenvalue weighted by molar-refractivity contribution is 0.0106. The van der Waals surface area contributed by atoms with Gasteiger partial charge in [-0.1, -0.05) is 24.3 Å². The van der Waals surface area contributed by atoms with Crippen molar-refractivity contribution in [1.29, 1.82) is 0 Å². The molecule has 1 aromatic heterocycles. The van der Waals surface area contributed by atoms with E-state index in [0.717, 1.165) is 50.5 Å². The standard InChI is InChI=1S/C21H30N2O2/c1-17-9-10-20(25-17)19-8-5-4-7-18(19)13-23-12-6-11-21(15-23,16-24)14-22(2)3/h4-5,7-10,24H,6,11-16H2,1-3H3. The average Bonchev–Trinajstić information content (AvgIpc) is 3.01. The fraction of sp³-hybridized carbons (Fsp3) is 0.524. The second-order valence-electron chi connectivity index (χ2n) is 7.78. The van der Waals surface area contributed by atoms with E-state index in [2.05, 4.69) is 54.2 Å². The minimum Gasteiger partial charge on any atom is -0.461 e. The Morgan fingerprint density at radius 3 is 2.68 bits per heavy atom. The topological polar surface area (TPSA) is 39.9 Å². The normalized spacial score (nSPS) is 21.8. The lowest BCUT2D eigenvalue weighted by atomic mass is 9.80. The van der Waals surface area contributed by atoms with Crippen molar-refractivity contribution in [2.45, 2.75) is 26.3 Å². The van der Waals surface area contributed by atoms with Gasteiger partial charge in [-0.2, -0.15) is 0 Å². The number of piperidine rings is 1. The number of likely N-dealkylation sites (tertiary alicyclic amines) is 1. The fourth-order valence-corrected chi connectivity index (χ4v) is 4.14. The molecule has 0 spiro atoms. The van der Waals surface area contributed by atoms with E-state index < -0.39 is 0 Å². The highest BCUT2D eigenvalue weighted by molar-refractivity contribution is 5.62. The van der Waals surface area contributed by atoms with Crippen LogP contribution in [-0.4, -0.2) is 55.2 Å². The summed E-state index contributed by atoms with van der Waals surface area (Å²) >= 11 is 0. The van der Waals surface area contributed by atoms with Crippen LogP contribution < -0.4 is 0 Å². The predicted molar refractivity (Wildman–Crippen MR) is 101 cm³/mol. The summed E-state index contributed by atoms with van der Waals surface area (Å²) in [6, 6.07) is 12.6. The molecule has 0 aliphatic carbocycles. The van der Waals surface area contributed by atoms with Crippen molar-refractivity contribution >= 4 is 0 Å². The van der Waals surface area contributed by atoms with Gasteiger partial charge in [0, 0.05) is 30.6 Å². The quantitative estimate of drug-likeness (QED) is 0.873. The van der Waals surface area contributed by atoms with Gasteiger partial charge in [-0.25, -0.2) is 0 Å². The van der Waals surface area contributed by atoms with Crippen molar-refractivity contribution in [1.82, 2.24) is 9.80 Å². The third-order valence-electron chi connectivity index (χ3n) is 5.14. The molecule has 0 bridgehead atoms. The SMILES string of the molecule is Cc1ccc(-c2ccccc2CN2CCCC(CO)(CN(C)C)C2)o1. The van der Waals surface area contributed by atoms with Gasteiger partial charge in [-0.3, -0.25) is 4.90 Å². The lowest BCUT2D eigenvalue weighted by Crippen LogP contribution is -2.49. The van der Waals surface area contributed by atoms with Gasteiger partial charge in [0.2, 0.25) is 0 Å². The molecule has 4 heteroatoms. The van der Waals surface area contributed by atoms with Gasteiger partial charge in [-0.15, -0.1) is 0 Å². The molecule has 0 radical (unpaired) electrons. The van der Waals surface area contributed by atoms with E-state index in [1.807, 2.05) is 13.0 Å². The minimum atomic E-state index is -0.0159. The van der Waals surface area contributed by atoms with Crippen LogP contribution in [0.2, 0.25) is 0 Å². The first-order valence-corrected chi connectivity index (χ1v) is 9.14. The Morgan fingerprint density at radius 1 is 1.20 bits per heavy atom. The second-order valence-corrected chi connectivity index (χ2v) is 7.78. The van der Waals surface area contributed by atoms with Gasteiger partial charge in [0.25, 0.3) is 0 Å². The first-order valence-electron chi connectivity index (χ1n) is 9.14. The number of aliphatic hydroxyl groups excluding tert-OH is 1. The second kappa shape index (κ2) is 7.73. The number of aryl methyl sites for hydroxylation is 1. The van der Waals surface area contributed by atoms with Crippen LogP contribution in [0.15, 0.2) is 40.8 Å². The predicted octanol–water partition coefficient (Wildman–Crippen LogP) is 3.39. The summed E-state index contributed by atoms with van der Waals surface area (Å²) < 4.78 is 5.85. The summed E-state index contributed by atoms with van der Waals surface area (Å²) in [6.07, 6.45) is 2.23. The zero-order valence-electron chi connectivity index (χ0n) is 15.7. The highest BCUT2D eigenvalue weighted by Gasteiger charge is 2.35. The molecular formula is C21H30N2O2. The smallest absolute Gasteiger partial charge is 0.134 e. The van der Waals surface area contributed by atoms with Crippen molar-refractivity contribution in [3.8, 4) is 11.3 Å². The third-order valence-corrected chi connectivity index (χ3v) is 5.14. The summed E-state index contributed by atoms with van der Waals surface area (Å²) in [6.45, 7) is 6.08. The Kier molecular flexibility index (Phi) is 5.62. The monoisotopic (exact) mass is 342 g/mol. The van der Waals surface area contributed by atoms with Crippen LogP contribution in [0.3, 0.4) is 0 Å². The van der Waals surface area contributed by atoms with Gasteiger partial charge in [-0.05, 0) is 58.1 Å². The molecule has 4 nitrogen and oxygen atoms in total. The maximum atomic E-state index is 10.0. The molecule has 0 amide bonds. The average molecular weight is 342 g/mol. The van der Waals surface area contributed by atoms with Crippen molar-refractivity contribution < 1.29 is 9.52 Å². The molecule has 1 atom stereocenters. The molecule has 1 aliphatic rings. The molecule has 1 aromatic carbocycles. The summed E-state index contributed by atoms with van der Waals surface area (Å²) in [5.41, 5.74) is 2.44. The Hall–Kier alpha value is -1.62. The van der Waals surface area contributed by atoms with E-state index in [4.69, 9.17) is 4.42 Å². The van der Waals surface area contributed by atoms with Crippen LogP contribution in [0.1, 0.15) is 24.2 Å². The Morgan fingerprint density at radius 2 is 2.00 bits per heavy atom. The van der Waals surface area contributed by atoms with Crippen LogP contribution in [0.25, 0.3) is 11.3 Å². The van der Waals surface area contributed by atoms with Gasteiger partial charge in [0.15, 0.2) is 0 Å². The molecule has 2 aromatic rings. The van der Waals surface area contributed by atoms with Crippen molar-refractivity contribution in [3.63, 3.8) is 0 Å². The molecule has 1 N–H and O–H groups in total. The maximum absolute atomic E-state index is 10.0. The molecule has 1 aliphatic heterocycles. The molecule has 1 saturated heterocycles. The van der Waals surface area contributed by atoms with E-state index in [1.54, 1.807) is 0 Å². The molecule has 136 valence electrons. The summed E-state index contributed by atoms with van der Waals surface area (Å²) in [7, 11) is 4.18. The first kappa shape index (κ1) is 18.2. The Balaban J connectivity index is 1.78. The fourth-order valence-electron chi connectivity index (χ4n) is 4.14. The number of aliphatic hydroxyl groups is 1. The molecular weight excluding hydrogens is 312 g/mol. The van der Waals surface area contributed by atoms with Crippen LogP contribution in [-0.2, 0) is 6.54 Å². The van der Waals surface area contributed by atoms with Gasteiger partial charge in [0.1, 0.15) is 11.5 Å². The summed E-state index contributed by atoms with van der Waals surface area (Å²) in [5.74, 6) is 1.87. The van der Waals surface area contributed by atoms with E-state index in [0.29, 0.717) is 0 Å². The molecule has 3 rings (SSSR count). The molecule has 1 fully saturated rings. The zero-order valence-corrected chi connectivity index (χ0v) is 15.7. The van der Waals surface area contributed by atoms with Crippen molar-refractivity contribution in [2.75, 3.05) is 40.3 Å². The van der Waals surface area contributed by atoms with Crippen molar-refractivity contribution in [3.05, 3.63) is 47.7 Å². The highest BCUT2D eigenvalue weighted by atomic mass is 16.3. The number of hydrogen-bond acceptors (Lipinski definition) is 4. The Labute approximate surface area is 151 Å². The molecule has 0 saturated carbocycles. The summed E-state index contributed by atoms with van der Waals surface area (Å²) in [4.78, 5) is 4.68. The first-order chi connectivity index (χ1) is 12.0. The van der Waals surface area contributed by atoms with Gasteiger partial charge < -0.3 is 14.4 Å². The third kappa shape index (κ3) is 4.32. The van der Waals surface area contributed by atoms with E-state index >= 15 is 0 Å². The van der Waals surface area contributed by atoms with E-state index in [9.17, 15) is 5.11 Å². The number of nitrogens with zero attached hydrogens (tertiary/aromatic N) is 2. The number of furan rings is 1. The van der Waals surface area contributed by atoms with Crippen LogP contribution in [0, 0.1) is 12.3 Å². The largest absolute Gasteiger partial charge is 0.461 e. The number of rotatable bonds is 6. The molecule has 25 heavy (non-hydrogen) atoms. The maximum Gasteiger partial charge on any atom is 0.134 e. The number of hydrogen-bond donors (Lipinski definition) is 1. The van der Waals surface area contributed by atoms with Crippen LogP contribution >= 0.6 is 0 Å². The zero-order chi connectivity index (χ0) is 17.9. The minimum absolute atomic E-state index is 0.0159. The van der Waals surface area contributed by atoms with Gasteiger partial charge in [0.05, 0.1) is 6.61 Å².